The van der Waals surface area contributed by atoms with Gasteiger partial charge in [0.05, 0.1) is 12.1 Å². The van der Waals surface area contributed by atoms with Crippen molar-refractivity contribution in [3.63, 3.8) is 0 Å². The molecule has 1 aliphatic heterocycles. The van der Waals surface area contributed by atoms with Crippen molar-refractivity contribution in [2.24, 2.45) is 11.7 Å². The number of rotatable bonds is 2. The maximum atomic E-state index is 13.5. The van der Waals surface area contributed by atoms with Crippen LogP contribution in [0.15, 0.2) is 12.1 Å². The van der Waals surface area contributed by atoms with E-state index in [2.05, 4.69) is 5.32 Å². The molecular formula is C13H13F3N2O2. The first-order valence-corrected chi connectivity index (χ1v) is 6.31. The summed E-state index contributed by atoms with van der Waals surface area (Å²) in [5.41, 5.74) is 5.09. The molecule has 1 aromatic carbocycles. The molecule has 3 N–H and O–H groups in total. The second kappa shape index (κ2) is 4.75. The molecule has 0 bridgehead atoms. The van der Waals surface area contributed by atoms with Gasteiger partial charge in [0.1, 0.15) is 23.0 Å². The van der Waals surface area contributed by atoms with Crippen LogP contribution in [0.3, 0.4) is 0 Å². The number of benzene rings is 1. The highest BCUT2D eigenvalue weighted by Crippen LogP contribution is 2.37. The maximum Gasteiger partial charge on any atom is 0.257 e. The lowest BCUT2D eigenvalue weighted by molar-refractivity contribution is -0.0162. The summed E-state index contributed by atoms with van der Waals surface area (Å²) in [5.74, 6) is -4.33. The summed E-state index contributed by atoms with van der Waals surface area (Å²) in [6.07, 6.45) is 0.609. The number of halogens is 3. The van der Waals surface area contributed by atoms with Crippen LogP contribution in [0, 0.1) is 23.4 Å². The topological polar surface area (TPSA) is 64.3 Å². The third-order valence-electron chi connectivity index (χ3n) is 3.98. The van der Waals surface area contributed by atoms with Crippen LogP contribution in [0.1, 0.15) is 16.8 Å². The van der Waals surface area contributed by atoms with Crippen LogP contribution >= 0.6 is 0 Å². The number of nitrogens with two attached hydrogens (primary N) is 1. The Morgan fingerprint density at radius 3 is 2.60 bits per heavy atom. The van der Waals surface area contributed by atoms with Crippen molar-refractivity contribution in [1.29, 1.82) is 0 Å². The molecule has 0 spiro atoms. The molecule has 0 aromatic heterocycles. The molecule has 2 aliphatic rings. The van der Waals surface area contributed by atoms with Crippen LogP contribution < -0.4 is 11.1 Å². The van der Waals surface area contributed by atoms with Crippen LogP contribution in [0.25, 0.3) is 0 Å². The van der Waals surface area contributed by atoms with E-state index in [-0.39, 0.29) is 18.1 Å². The average Bonchev–Trinajstić information content (AvgIpc) is 2.79. The fourth-order valence-electron chi connectivity index (χ4n) is 2.91. The summed E-state index contributed by atoms with van der Waals surface area (Å²) >= 11 is 0. The van der Waals surface area contributed by atoms with Crippen molar-refractivity contribution >= 4 is 5.91 Å². The van der Waals surface area contributed by atoms with Crippen LogP contribution in [-0.2, 0) is 4.74 Å². The van der Waals surface area contributed by atoms with Gasteiger partial charge in [0.25, 0.3) is 5.91 Å². The van der Waals surface area contributed by atoms with E-state index in [1.807, 2.05) is 0 Å². The summed E-state index contributed by atoms with van der Waals surface area (Å²) in [5, 5.41) is 2.46. The van der Waals surface area contributed by atoms with Crippen molar-refractivity contribution in [2.45, 2.75) is 24.6 Å². The number of hydrogen-bond acceptors (Lipinski definition) is 3. The van der Waals surface area contributed by atoms with E-state index in [0.717, 1.165) is 6.42 Å². The number of hydrogen-bond donors (Lipinski definition) is 2. The van der Waals surface area contributed by atoms with Gasteiger partial charge >= 0.3 is 0 Å². The Bertz CT molecular complexity index is 544. The lowest BCUT2D eigenvalue weighted by Crippen LogP contribution is -2.69. The molecule has 1 aromatic rings. The molecule has 2 fully saturated rings. The number of carbonyl (C=O) groups is 1. The van der Waals surface area contributed by atoms with Crippen molar-refractivity contribution in [1.82, 2.24) is 5.32 Å². The summed E-state index contributed by atoms with van der Waals surface area (Å²) in [6, 6.07) is 0.165. The molecule has 4 unspecified atom stereocenters. The number of nitrogens with one attached hydrogen (secondary N) is 1. The van der Waals surface area contributed by atoms with Crippen LogP contribution in [0.5, 0.6) is 0 Å². The smallest absolute Gasteiger partial charge is 0.257 e. The summed E-state index contributed by atoms with van der Waals surface area (Å²) in [6.45, 7) is 0.564. The maximum absolute atomic E-state index is 13.5. The fraction of sp³-hybridized carbons (Fsp3) is 0.462. The Morgan fingerprint density at radius 1 is 1.30 bits per heavy atom. The monoisotopic (exact) mass is 286 g/mol. The molecule has 1 aliphatic carbocycles. The highest BCUT2D eigenvalue weighted by atomic mass is 19.1. The Labute approximate surface area is 113 Å². The molecule has 3 rings (SSSR count). The van der Waals surface area contributed by atoms with Crippen molar-refractivity contribution in [3.8, 4) is 0 Å². The Hall–Kier alpha value is -1.60. The molecule has 20 heavy (non-hydrogen) atoms. The van der Waals surface area contributed by atoms with E-state index in [1.165, 1.54) is 0 Å². The molecule has 1 heterocycles. The molecule has 4 atom stereocenters. The number of carbonyl (C=O) groups excluding carboxylic acids is 1. The number of amides is 1. The molecular weight excluding hydrogens is 273 g/mol. The minimum atomic E-state index is -1.24. The van der Waals surface area contributed by atoms with Crippen LogP contribution in [0.2, 0.25) is 0 Å². The molecule has 0 radical (unpaired) electrons. The number of fused-ring (bicyclic) bond motifs is 1. The Kier molecular flexibility index (Phi) is 3.18. The third kappa shape index (κ3) is 1.97. The first-order valence-electron chi connectivity index (χ1n) is 6.31. The SMILES string of the molecule is NC1C2CCOC2C1NC(=O)c1c(F)cc(F)cc1F. The fourth-order valence-corrected chi connectivity index (χ4v) is 2.91. The largest absolute Gasteiger partial charge is 0.376 e. The van der Waals surface area contributed by atoms with Crippen molar-refractivity contribution in [2.75, 3.05) is 6.61 Å². The first-order chi connectivity index (χ1) is 9.49. The normalized spacial score (nSPS) is 31.6. The Balaban J connectivity index is 1.77. The van der Waals surface area contributed by atoms with E-state index in [0.29, 0.717) is 18.7 Å². The highest BCUT2D eigenvalue weighted by Gasteiger charge is 2.52. The Morgan fingerprint density at radius 2 is 1.95 bits per heavy atom. The zero-order chi connectivity index (χ0) is 14.4. The van der Waals surface area contributed by atoms with Gasteiger partial charge in [-0.05, 0) is 6.42 Å². The van der Waals surface area contributed by atoms with E-state index < -0.39 is 35.0 Å². The second-order valence-corrected chi connectivity index (χ2v) is 5.11. The third-order valence-corrected chi connectivity index (χ3v) is 3.98. The van der Waals surface area contributed by atoms with E-state index in [4.69, 9.17) is 10.5 Å². The van der Waals surface area contributed by atoms with Gasteiger partial charge < -0.3 is 15.8 Å². The molecule has 108 valence electrons. The van der Waals surface area contributed by atoms with Crippen LogP contribution in [0.4, 0.5) is 13.2 Å². The zero-order valence-corrected chi connectivity index (χ0v) is 10.4. The quantitative estimate of drug-likeness (QED) is 0.850. The standard InChI is InChI=1S/C13H13F3N2O2/c14-5-3-7(15)9(8(16)4-5)13(19)18-11-10(17)6-1-2-20-12(6)11/h3-4,6,10-12H,1-2,17H2,(H,18,19). The summed E-state index contributed by atoms with van der Waals surface area (Å²) in [4.78, 5) is 11.9. The molecule has 7 heteroatoms. The minimum absolute atomic E-state index is 0.170. The lowest BCUT2D eigenvalue weighted by atomic mass is 9.72. The van der Waals surface area contributed by atoms with Gasteiger partial charge in [-0.3, -0.25) is 4.79 Å². The minimum Gasteiger partial charge on any atom is -0.376 e. The van der Waals surface area contributed by atoms with Gasteiger partial charge in [-0.1, -0.05) is 0 Å². The predicted octanol–water partition coefficient (Wildman–Crippen LogP) is 0.948. The van der Waals surface area contributed by atoms with Gasteiger partial charge in [0.15, 0.2) is 0 Å². The predicted molar refractivity (Wildman–Crippen MR) is 63.4 cm³/mol. The highest BCUT2D eigenvalue weighted by molar-refractivity contribution is 5.95. The van der Waals surface area contributed by atoms with Gasteiger partial charge in [0.2, 0.25) is 0 Å². The first kappa shape index (κ1) is 13.4. The molecule has 1 saturated heterocycles. The van der Waals surface area contributed by atoms with Crippen molar-refractivity contribution in [3.05, 3.63) is 35.1 Å². The summed E-state index contributed by atoms with van der Waals surface area (Å²) < 4.78 is 45.2. The lowest BCUT2D eigenvalue weighted by Gasteiger charge is -2.45. The van der Waals surface area contributed by atoms with E-state index in [9.17, 15) is 18.0 Å². The van der Waals surface area contributed by atoms with Gasteiger partial charge in [-0.25, -0.2) is 13.2 Å². The summed E-state index contributed by atoms with van der Waals surface area (Å²) in [7, 11) is 0. The van der Waals surface area contributed by atoms with Crippen LogP contribution in [-0.4, -0.2) is 30.7 Å². The van der Waals surface area contributed by atoms with Gasteiger partial charge in [-0.2, -0.15) is 0 Å². The van der Waals surface area contributed by atoms with Gasteiger partial charge in [0, 0.05) is 30.7 Å². The van der Waals surface area contributed by atoms with Gasteiger partial charge in [-0.15, -0.1) is 0 Å². The molecule has 4 nitrogen and oxygen atoms in total. The second-order valence-electron chi connectivity index (χ2n) is 5.11. The van der Waals surface area contributed by atoms with E-state index in [1.54, 1.807) is 0 Å². The average molecular weight is 286 g/mol. The molecule has 1 amide bonds. The van der Waals surface area contributed by atoms with E-state index >= 15 is 0 Å². The van der Waals surface area contributed by atoms with Crippen molar-refractivity contribution < 1.29 is 22.7 Å². The number of ether oxygens (including phenoxy) is 1. The molecule has 1 saturated carbocycles. The zero-order valence-electron chi connectivity index (χ0n) is 10.4.